The number of nitrogens with one attached hydrogen (secondary N) is 1. The second-order valence-electron chi connectivity index (χ2n) is 9.77. The fourth-order valence-electron chi connectivity index (χ4n) is 4.30. The van der Waals surface area contributed by atoms with Gasteiger partial charge in [0.15, 0.2) is 0 Å². The highest BCUT2D eigenvalue weighted by atomic mass is 32.2. The summed E-state index contributed by atoms with van der Waals surface area (Å²) in [6.07, 6.45) is 1.99. The van der Waals surface area contributed by atoms with Crippen LogP contribution in [-0.2, 0) is 28.4 Å². The van der Waals surface area contributed by atoms with Gasteiger partial charge in [0.25, 0.3) is 0 Å². The van der Waals surface area contributed by atoms with Gasteiger partial charge in [-0.15, -0.1) is 0 Å². The van der Waals surface area contributed by atoms with Gasteiger partial charge in [-0.05, 0) is 70.3 Å². The van der Waals surface area contributed by atoms with Crippen LogP contribution in [0.25, 0.3) is 11.1 Å². The molecule has 0 atom stereocenters. The highest BCUT2D eigenvalue weighted by Crippen LogP contribution is 2.33. The third kappa shape index (κ3) is 4.74. The standard InChI is InChI=1S/C27H32N2O2S/c1-19-9-14-23(17-25(19)20-10-12-22(13-11-20)27(2,3)4)28-26-8-6-7-21-18-29(32(5,30)31)16-15-24(21)26/h6-14,17,28H,15-16,18H2,1-5H3. The molecule has 0 fully saturated rings. The number of sulfonamides is 1. The lowest BCUT2D eigenvalue weighted by atomic mass is 9.86. The van der Waals surface area contributed by atoms with Crippen molar-refractivity contribution in [1.82, 2.24) is 4.31 Å². The van der Waals surface area contributed by atoms with E-state index in [9.17, 15) is 8.42 Å². The zero-order valence-corrected chi connectivity index (χ0v) is 20.4. The Morgan fingerprint density at radius 1 is 0.969 bits per heavy atom. The van der Waals surface area contributed by atoms with Crippen molar-refractivity contribution in [3.8, 4) is 11.1 Å². The molecular formula is C27H32N2O2S. The van der Waals surface area contributed by atoms with Gasteiger partial charge in [-0.2, -0.15) is 4.31 Å². The maximum Gasteiger partial charge on any atom is 0.211 e. The van der Waals surface area contributed by atoms with Crippen LogP contribution in [0, 0.1) is 6.92 Å². The molecule has 1 aliphatic heterocycles. The molecule has 0 saturated heterocycles. The van der Waals surface area contributed by atoms with Crippen LogP contribution in [0.4, 0.5) is 11.4 Å². The van der Waals surface area contributed by atoms with E-state index in [0.717, 1.165) is 16.9 Å². The highest BCUT2D eigenvalue weighted by Gasteiger charge is 2.24. The molecule has 0 saturated carbocycles. The van der Waals surface area contributed by atoms with Gasteiger partial charge < -0.3 is 5.32 Å². The average Bonchev–Trinajstić information content (AvgIpc) is 2.74. The number of hydrogen-bond acceptors (Lipinski definition) is 3. The fourth-order valence-corrected chi connectivity index (χ4v) is 5.10. The van der Waals surface area contributed by atoms with E-state index in [-0.39, 0.29) is 5.41 Å². The molecule has 0 bridgehead atoms. The molecule has 3 aromatic rings. The Bertz CT molecular complexity index is 1240. The van der Waals surface area contributed by atoms with Crippen LogP contribution in [0.3, 0.4) is 0 Å². The number of aryl methyl sites for hydroxylation is 1. The molecular weight excluding hydrogens is 416 g/mol. The summed E-state index contributed by atoms with van der Waals surface area (Å²) in [5.41, 5.74) is 9.46. The summed E-state index contributed by atoms with van der Waals surface area (Å²) in [4.78, 5) is 0. The molecule has 0 aromatic heterocycles. The Morgan fingerprint density at radius 2 is 1.69 bits per heavy atom. The molecule has 1 aliphatic rings. The van der Waals surface area contributed by atoms with Crippen LogP contribution in [0.2, 0.25) is 0 Å². The number of nitrogens with zero attached hydrogens (tertiary/aromatic N) is 1. The quantitative estimate of drug-likeness (QED) is 0.531. The zero-order valence-electron chi connectivity index (χ0n) is 19.6. The molecule has 3 aromatic carbocycles. The third-order valence-corrected chi connectivity index (χ3v) is 7.53. The van der Waals surface area contributed by atoms with Crippen LogP contribution >= 0.6 is 0 Å². The third-order valence-electron chi connectivity index (χ3n) is 6.28. The van der Waals surface area contributed by atoms with Crippen molar-refractivity contribution in [2.24, 2.45) is 0 Å². The predicted molar refractivity (Wildman–Crippen MR) is 134 cm³/mol. The Balaban J connectivity index is 1.62. The zero-order chi connectivity index (χ0) is 23.1. The SMILES string of the molecule is Cc1ccc(Nc2cccc3c2CCN(S(C)(=O)=O)C3)cc1-c1ccc(C(C)(C)C)cc1. The summed E-state index contributed by atoms with van der Waals surface area (Å²) < 4.78 is 25.5. The molecule has 5 heteroatoms. The molecule has 32 heavy (non-hydrogen) atoms. The lowest BCUT2D eigenvalue weighted by Crippen LogP contribution is -2.35. The maximum absolute atomic E-state index is 12.0. The lowest BCUT2D eigenvalue weighted by Gasteiger charge is -2.28. The first kappa shape index (κ1) is 22.6. The van der Waals surface area contributed by atoms with Crippen molar-refractivity contribution < 1.29 is 8.42 Å². The number of anilines is 2. The maximum atomic E-state index is 12.0. The van der Waals surface area contributed by atoms with Crippen molar-refractivity contribution in [2.45, 2.75) is 46.1 Å². The van der Waals surface area contributed by atoms with Gasteiger partial charge in [0.05, 0.1) is 6.26 Å². The molecule has 0 amide bonds. The Labute approximate surface area is 192 Å². The molecule has 168 valence electrons. The highest BCUT2D eigenvalue weighted by molar-refractivity contribution is 7.88. The van der Waals surface area contributed by atoms with Crippen molar-refractivity contribution >= 4 is 21.4 Å². The van der Waals surface area contributed by atoms with E-state index in [1.807, 2.05) is 12.1 Å². The first-order valence-corrected chi connectivity index (χ1v) is 12.9. The Hall–Kier alpha value is -2.63. The minimum absolute atomic E-state index is 0.135. The smallest absolute Gasteiger partial charge is 0.211 e. The fraction of sp³-hybridized carbons (Fsp3) is 0.333. The van der Waals surface area contributed by atoms with Crippen molar-refractivity contribution in [3.63, 3.8) is 0 Å². The van der Waals surface area contributed by atoms with Crippen LogP contribution in [0.15, 0.2) is 60.7 Å². The van der Waals surface area contributed by atoms with Crippen LogP contribution in [0.5, 0.6) is 0 Å². The minimum Gasteiger partial charge on any atom is -0.355 e. The average molecular weight is 449 g/mol. The number of rotatable bonds is 4. The lowest BCUT2D eigenvalue weighted by molar-refractivity contribution is 0.395. The number of fused-ring (bicyclic) bond motifs is 1. The van der Waals surface area contributed by atoms with Crippen LogP contribution < -0.4 is 5.32 Å². The molecule has 0 unspecified atom stereocenters. The molecule has 4 nitrogen and oxygen atoms in total. The predicted octanol–water partition coefficient (Wildman–Crippen LogP) is 6.02. The summed E-state index contributed by atoms with van der Waals surface area (Å²) in [5.74, 6) is 0. The van der Waals surface area contributed by atoms with Crippen LogP contribution in [-0.4, -0.2) is 25.5 Å². The second kappa shape index (κ2) is 8.38. The first-order chi connectivity index (χ1) is 15.0. The molecule has 4 rings (SSSR count). The Kier molecular flexibility index (Phi) is 5.91. The molecule has 1 heterocycles. The van der Waals surface area contributed by atoms with Gasteiger partial charge in [-0.3, -0.25) is 0 Å². The monoisotopic (exact) mass is 448 g/mol. The van der Waals surface area contributed by atoms with Gasteiger partial charge in [-0.25, -0.2) is 8.42 Å². The van der Waals surface area contributed by atoms with E-state index in [1.54, 1.807) is 4.31 Å². The van der Waals surface area contributed by atoms with Gasteiger partial charge in [-0.1, -0.05) is 63.2 Å². The molecule has 0 spiro atoms. The molecule has 0 aliphatic carbocycles. The summed E-state index contributed by atoms with van der Waals surface area (Å²) in [6, 6.07) is 21.4. The Morgan fingerprint density at radius 3 is 2.34 bits per heavy atom. The second-order valence-corrected chi connectivity index (χ2v) is 11.8. The van der Waals surface area contributed by atoms with Crippen LogP contribution in [0.1, 0.15) is 43.0 Å². The summed E-state index contributed by atoms with van der Waals surface area (Å²) in [7, 11) is -3.18. The minimum atomic E-state index is -3.18. The van der Waals surface area contributed by atoms with E-state index in [4.69, 9.17) is 0 Å². The summed E-state index contributed by atoms with van der Waals surface area (Å²) in [6.45, 7) is 9.78. The molecule has 1 N–H and O–H groups in total. The van der Waals surface area contributed by atoms with E-state index in [1.165, 1.54) is 34.1 Å². The number of hydrogen-bond donors (Lipinski definition) is 1. The van der Waals surface area contributed by atoms with Gasteiger partial charge in [0, 0.05) is 24.5 Å². The molecule has 0 radical (unpaired) electrons. The first-order valence-electron chi connectivity index (χ1n) is 11.1. The van der Waals surface area contributed by atoms with E-state index < -0.39 is 10.0 Å². The van der Waals surface area contributed by atoms with Crippen molar-refractivity contribution in [1.29, 1.82) is 0 Å². The van der Waals surface area contributed by atoms with Crippen molar-refractivity contribution in [2.75, 3.05) is 18.1 Å². The van der Waals surface area contributed by atoms with Gasteiger partial charge in [0.2, 0.25) is 10.0 Å². The largest absolute Gasteiger partial charge is 0.355 e. The number of benzene rings is 3. The van der Waals surface area contributed by atoms with E-state index in [2.05, 4.69) is 81.5 Å². The van der Waals surface area contributed by atoms with Crippen molar-refractivity contribution in [3.05, 3.63) is 82.9 Å². The summed E-state index contributed by atoms with van der Waals surface area (Å²) in [5, 5.41) is 3.59. The van der Waals surface area contributed by atoms with E-state index in [0.29, 0.717) is 19.5 Å². The van der Waals surface area contributed by atoms with E-state index >= 15 is 0 Å². The van der Waals surface area contributed by atoms with Gasteiger partial charge in [0.1, 0.15) is 0 Å². The van der Waals surface area contributed by atoms with Gasteiger partial charge >= 0.3 is 0 Å². The topological polar surface area (TPSA) is 49.4 Å². The summed E-state index contributed by atoms with van der Waals surface area (Å²) >= 11 is 0. The normalized spacial score (nSPS) is 14.8.